The van der Waals surface area contributed by atoms with E-state index in [0.717, 1.165) is 5.56 Å². The number of carbonyl (C=O) groups is 1. The molecule has 3 rings (SSSR count). The van der Waals surface area contributed by atoms with Crippen LogP contribution in [0.25, 0.3) is 0 Å². The average Bonchev–Trinajstić information content (AvgIpc) is 2.63. The van der Waals surface area contributed by atoms with Gasteiger partial charge in [-0.15, -0.1) is 0 Å². The third-order valence-electron chi connectivity index (χ3n) is 4.68. The maximum absolute atomic E-state index is 12.7. The maximum atomic E-state index is 12.7. The summed E-state index contributed by atoms with van der Waals surface area (Å²) in [5, 5.41) is 22.5. The smallest absolute Gasteiger partial charge is 0.251 e. The van der Waals surface area contributed by atoms with Gasteiger partial charge in [-0.3, -0.25) is 4.79 Å². The van der Waals surface area contributed by atoms with Crippen molar-refractivity contribution >= 4 is 5.91 Å². The highest BCUT2D eigenvalue weighted by atomic mass is 16.5. The fourth-order valence-electron chi connectivity index (χ4n) is 3.13. The van der Waals surface area contributed by atoms with Crippen molar-refractivity contribution in [2.75, 3.05) is 14.2 Å². The SMILES string of the molecule is COc1ccc([C@H](NC(=O)c2ccc(OC)c(O)c2)C2CC(O)C2)cn1. The Morgan fingerprint density at radius 2 is 2.00 bits per heavy atom. The standard InChI is InChI=1S/C19H22N2O5/c1-25-16-5-3-11(9-15(16)23)19(24)21-18(13-7-14(22)8-13)12-4-6-17(26-2)20-10-12/h3-6,9-10,13-14,18,22-23H,7-8H2,1-2H3,(H,21,24)/t13?,14?,18-/m0/s1. The molecule has 1 aliphatic carbocycles. The van der Waals surface area contributed by atoms with Gasteiger partial charge in [0.1, 0.15) is 0 Å². The third-order valence-corrected chi connectivity index (χ3v) is 4.68. The van der Waals surface area contributed by atoms with Crippen LogP contribution in [-0.4, -0.2) is 41.4 Å². The van der Waals surface area contributed by atoms with Crippen molar-refractivity contribution < 1.29 is 24.5 Å². The Morgan fingerprint density at radius 1 is 1.23 bits per heavy atom. The number of phenols is 1. The zero-order valence-corrected chi connectivity index (χ0v) is 14.7. The van der Waals surface area contributed by atoms with E-state index in [-0.39, 0.29) is 29.7 Å². The monoisotopic (exact) mass is 358 g/mol. The van der Waals surface area contributed by atoms with Crippen LogP contribution in [0.3, 0.4) is 0 Å². The fourth-order valence-corrected chi connectivity index (χ4v) is 3.13. The second-order valence-electron chi connectivity index (χ2n) is 6.36. The van der Waals surface area contributed by atoms with Gasteiger partial charge in [0, 0.05) is 17.8 Å². The van der Waals surface area contributed by atoms with Gasteiger partial charge < -0.3 is 25.0 Å². The van der Waals surface area contributed by atoms with Crippen LogP contribution in [0.5, 0.6) is 17.4 Å². The van der Waals surface area contributed by atoms with Gasteiger partial charge in [-0.2, -0.15) is 0 Å². The molecule has 0 aliphatic heterocycles. The van der Waals surface area contributed by atoms with Crippen LogP contribution in [-0.2, 0) is 0 Å². The minimum absolute atomic E-state index is 0.0955. The number of aliphatic hydroxyl groups is 1. The van der Waals surface area contributed by atoms with Crippen molar-refractivity contribution in [2.45, 2.75) is 25.0 Å². The van der Waals surface area contributed by atoms with Crippen LogP contribution < -0.4 is 14.8 Å². The van der Waals surface area contributed by atoms with Crippen LogP contribution in [0.1, 0.15) is 34.8 Å². The van der Waals surface area contributed by atoms with Gasteiger partial charge in [0.05, 0.1) is 26.4 Å². The summed E-state index contributed by atoms with van der Waals surface area (Å²) in [5.74, 6) is 0.509. The number of nitrogens with zero attached hydrogens (tertiary/aromatic N) is 1. The minimum atomic E-state index is -0.337. The van der Waals surface area contributed by atoms with Crippen molar-refractivity contribution in [1.29, 1.82) is 0 Å². The van der Waals surface area contributed by atoms with E-state index in [4.69, 9.17) is 9.47 Å². The van der Waals surface area contributed by atoms with Gasteiger partial charge in [-0.1, -0.05) is 6.07 Å². The fraction of sp³-hybridized carbons (Fsp3) is 0.368. The van der Waals surface area contributed by atoms with Crippen LogP contribution >= 0.6 is 0 Å². The molecule has 3 N–H and O–H groups in total. The molecule has 1 saturated carbocycles. The van der Waals surface area contributed by atoms with E-state index in [1.54, 1.807) is 31.5 Å². The first-order valence-electron chi connectivity index (χ1n) is 8.37. The van der Waals surface area contributed by atoms with Crippen molar-refractivity contribution in [3.05, 3.63) is 47.7 Å². The molecule has 1 aromatic carbocycles. The molecule has 0 unspecified atom stereocenters. The first-order chi connectivity index (χ1) is 12.5. The number of rotatable bonds is 6. The highest BCUT2D eigenvalue weighted by Crippen LogP contribution is 2.38. The summed E-state index contributed by atoms with van der Waals surface area (Å²) in [5.41, 5.74) is 1.17. The number of benzene rings is 1. The number of aromatic hydroxyl groups is 1. The van der Waals surface area contributed by atoms with Gasteiger partial charge in [0.2, 0.25) is 5.88 Å². The normalized spacial score (nSPS) is 20.0. The molecule has 0 spiro atoms. The number of aliphatic hydroxyl groups excluding tert-OH is 1. The van der Waals surface area contributed by atoms with Crippen LogP contribution in [0.4, 0.5) is 0 Å². The molecule has 7 nitrogen and oxygen atoms in total. The molecule has 1 aromatic heterocycles. The zero-order valence-electron chi connectivity index (χ0n) is 14.7. The van der Waals surface area contributed by atoms with E-state index in [2.05, 4.69) is 10.3 Å². The molecule has 0 saturated heterocycles. The predicted octanol–water partition coefficient (Wildman–Crippen LogP) is 2.05. The summed E-state index contributed by atoms with van der Waals surface area (Å²) in [4.78, 5) is 16.9. The number of methoxy groups -OCH3 is 2. The van der Waals surface area contributed by atoms with E-state index in [9.17, 15) is 15.0 Å². The average molecular weight is 358 g/mol. The molecule has 1 heterocycles. The number of hydrogen-bond acceptors (Lipinski definition) is 6. The van der Waals surface area contributed by atoms with E-state index in [1.807, 2.05) is 6.07 Å². The lowest BCUT2D eigenvalue weighted by Gasteiger charge is -2.38. The summed E-state index contributed by atoms with van der Waals surface area (Å²) < 4.78 is 10.1. The van der Waals surface area contributed by atoms with Crippen molar-refractivity contribution in [2.24, 2.45) is 5.92 Å². The molecule has 7 heteroatoms. The Morgan fingerprint density at radius 3 is 2.54 bits per heavy atom. The van der Waals surface area contributed by atoms with Crippen molar-refractivity contribution in [1.82, 2.24) is 10.3 Å². The number of pyridine rings is 1. The number of aromatic nitrogens is 1. The molecule has 1 amide bonds. The Hall–Kier alpha value is -2.80. The molecule has 1 fully saturated rings. The number of nitrogens with one attached hydrogen (secondary N) is 1. The highest BCUT2D eigenvalue weighted by Gasteiger charge is 2.36. The first kappa shape index (κ1) is 18.0. The molecule has 26 heavy (non-hydrogen) atoms. The summed E-state index contributed by atoms with van der Waals surface area (Å²) in [6, 6.07) is 7.81. The first-order valence-corrected chi connectivity index (χ1v) is 8.37. The van der Waals surface area contributed by atoms with E-state index >= 15 is 0 Å². The molecule has 0 bridgehead atoms. The van der Waals surface area contributed by atoms with Crippen LogP contribution in [0, 0.1) is 5.92 Å². The van der Waals surface area contributed by atoms with Gasteiger partial charge in [0.15, 0.2) is 11.5 Å². The Bertz CT molecular complexity index is 772. The van der Waals surface area contributed by atoms with Gasteiger partial charge in [0.25, 0.3) is 5.91 Å². The lowest BCUT2D eigenvalue weighted by molar-refractivity contribution is 0.0234. The molecular formula is C19H22N2O5. The largest absolute Gasteiger partial charge is 0.504 e. The molecule has 0 radical (unpaired) electrons. The Labute approximate surface area is 151 Å². The second-order valence-corrected chi connectivity index (χ2v) is 6.36. The lowest BCUT2D eigenvalue weighted by Crippen LogP contribution is -2.41. The second kappa shape index (κ2) is 7.61. The third kappa shape index (κ3) is 3.72. The van der Waals surface area contributed by atoms with Gasteiger partial charge in [-0.05, 0) is 42.5 Å². The highest BCUT2D eigenvalue weighted by molar-refractivity contribution is 5.95. The van der Waals surface area contributed by atoms with Crippen LogP contribution in [0.2, 0.25) is 0 Å². The number of ether oxygens (including phenoxy) is 2. The maximum Gasteiger partial charge on any atom is 0.251 e. The molecule has 1 atom stereocenters. The van der Waals surface area contributed by atoms with Crippen molar-refractivity contribution in [3.63, 3.8) is 0 Å². The summed E-state index contributed by atoms with van der Waals surface area (Å²) in [6.07, 6.45) is 2.56. The topological polar surface area (TPSA) is 101 Å². The van der Waals surface area contributed by atoms with Crippen molar-refractivity contribution in [3.8, 4) is 17.4 Å². The number of hydrogen-bond donors (Lipinski definition) is 3. The molecule has 138 valence electrons. The number of carbonyl (C=O) groups excluding carboxylic acids is 1. The molecule has 1 aliphatic rings. The zero-order chi connectivity index (χ0) is 18.7. The van der Waals surface area contributed by atoms with Gasteiger partial charge >= 0.3 is 0 Å². The lowest BCUT2D eigenvalue weighted by atomic mass is 9.75. The Balaban J connectivity index is 1.80. The molecular weight excluding hydrogens is 336 g/mol. The van der Waals surface area contributed by atoms with Gasteiger partial charge in [-0.25, -0.2) is 4.98 Å². The Kier molecular flexibility index (Phi) is 5.27. The predicted molar refractivity (Wildman–Crippen MR) is 94.4 cm³/mol. The van der Waals surface area contributed by atoms with Crippen LogP contribution in [0.15, 0.2) is 36.5 Å². The summed E-state index contributed by atoms with van der Waals surface area (Å²) in [7, 11) is 2.99. The van der Waals surface area contributed by atoms with E-state index in [1.165, 1.54) is 13.2 Å². The summed E-state index contributed by atoms with van der Waals surface area (Å²) >= 11 is 0. The quantitative estimate of drug-likeness (QED) is 0.731. The number of phenolic OH excluding ortho intramolecular Hbond substituents is 1. The summed E-state index contributed by atoms with van der Waals surface area (Å²) in [6.45, 7) is 0. The number of amides is 1. The van der Waals surface area contributed by atoms with E-state index < -0.39 is 0 Å². The minimum Gasteiger partial charge on any atom is -0.504 e. The molecule has 2 aromatic rings. The van der Waals surface area contributed by atoms with E-state index in [0.29, 0.717) is 30.0 Å².